The Hall–Kier alpha value is -2.24. The Kier molecular flexibility index (Phi) is 4.44. The van der Waals surface area contributed by atoms with Gasteiger partial charge in [-0.1, -0.05) is 30.3 Å². The van der Waals surface area contributed by atoms with Crippen molar-refractivity contribution in [1.29, 1.82) is 0 Å². The first kappa shape index (κ1) is 17.8. The minimum absolute atomic E-state index is 0.0833. The van der Waals surface area contributed by atoms with Crippen molar-refractivity contribution in [1.82, 2.24) is 9.97 Å². The number of aliphatic hydroxyl groups is 1. The quantitative estimate of drug-likeness (QED) is 0.857. The number of aliphatic hydroxyl groups excluding tert-OH is 1. The van der Waals surface area contributed by atoms with Gasteiger partial charge >= 0.3 is 0 Å². The lowest BCUT2D eigenvalue weighted by Gasteiger charge is -2.42. The normalized spacial score (nSPS) is 23.5. The largest absolute Gasteiger partial charge is 0.390 e. The molecule has 0 amide bonds. The number of hydrogen-bond acceptors (Lipinski definition) is 5. The molecule has 28 heavy (non-hydrogen) atoms. The van der Waals surface area contributed by atoms with Gasteiger partial charge < -0.3 is 15.7 Å². The van der Waals surface area contributed by atoms with Crippen LogP contribution in [-0.2, 0) is 13.0 Å². The van der Waals surface area contributed by atoms with Crippen molar-refractivity contribution in [3.63, 3.8) is 0 Å². The monoisotopic (exact) mass is 376 g/mol. The number of hydrogen-bond donors (Lipinski definition) is 2. The molecule has 5 rings (SSSR count). The lowest BCUT2D eigenvalue weighted by atomic mass is 9.73. The SMILES string of the molecule is N[C@@H]1c2ccccc2CC12CCN(c1ncc(/C=C\C3CC3)nc1CO)CC2. The molecule has 146 valence electrons. The van der Waals surface area contributed by atoms with Crippen LogP contribution in [0.1, 0.15) is 54.2 Å². The molecule has 1 spiro atoms. The van der Waals surface area contributed by atoms with E-state index in [4.69, 9.17) is 5.73 Å². The minimum atomic E-state index is -0.0833. The Morgan fingerprint density at radius 1 is 1.21 bits per heavy atom. The van der Waals surface area contributed by atoms with Gasteiger partial charge in [-0.05, 0) is 60.6 Å². The second kappa shape index (κ2) is 6.98. The van der Waals surface area contributed by atoms with Crippen LogP contribution in [0.4, 0.5) is 5.82 Å². The first-order valence-corrected chi connectivity index (χ1v) is 10.4. The van der Waals surface area contributed by atoms with E-state index in [1.807, 2.05) is 12.3 Å². The van der Waals surface area contributed by atoms with Crippen molar-refractivity contribution < 1.29 is 5.11 Å². The summed E-state index contributed by atoms with van der Waals surface area (Å²) in [5.74, 6) is 1.53. The number of benzene rings is 1. The molecule has 0 bridgehead atoms. The van der Waals surface area contributed by atoms with E-state index >= 15 is 0 Å². The van der Waals surface area contributed by atoms with Crippen LogP contribution < -0.4 is 10.6 Å². The third kappa shape index (κ3) is 3.12. The summed E-state index contributed by atoms with van der Waals surface area (Å²) in [6.07, 6.45) is 11.8. The molecular weight excluding hydrogens is 348 g/mol. The van der Waals surface area contributed by atoms with Crippen LogP contribution >= 0.6 is 0 Å². The maximum Gasteiger partial charge on any atom is 0.152 e. The number of piperidine rings is 1. The molecule has 3 N–H and O–H groups in total. The number of rotatable bonds is 4. The van der Waals surface area contributed by atoms with Crippen LogP contribution in [0.15, 0.2) is 36.5 Å². The Morgan fingerprint density at radius 2 is 2.00 bits per heavy atom. The lowest BCUT2D eigenvalue weighted by Crippen LogP contribution is -2.45. The van der Waals surface area contributed by atoms with Gasteiger partial charge in [0.25, 0.3) is 0 Å². The fraction of sp³-hybridized carbons (Fsp3) is 0.478. The van der Waals surface area contributed by atoms with E-state index in [9.17, 15) is 5.11 Å². The van der Waals surface area contributed by atoms with Gasteiger partial charge in [0.1, 0.15) is 5.69 Å². The Morgan fingerprint density at radius 3 is 2.71 bits per heavy atom. The number of allylic oxidation sites excluding steroid dienone is 1. The molecule has 2 aliphatic carbocycles. The van der Waals surface area contributed by atoms with Gasteiger partial charge in [0.05, 0.1) is 18.5 Å². The molecule has 2 heterocycles. The molecule has 2 fully saturated rings. The third-order valence-corrected chi connectivity index (χ3v) is 6.80. The molecule has 1 aromatic carbocycles. The van der Waals surface area contributed by atoms with Crippen molar-refractivity contribution in [3.8, 4) is 0 Å². The van der Waals surface area contributed by atoms with E-state index in [0.717, 1.165) is 43.9 Å². The van der Waals surface area contributed by atoms with Gasteiger partial charge in [0.15, 0.2) is 5.82 Å². The number of nitrogens with zero attached hydrogens (tertiary/aromatic N) is 3. The fourth-order valence-corrected chi connectivity index (χ4v) is 4.88. The maximum absolute atomic E-state index is 9.86. The topological polar surface area (TPSA) is 75.3 Å². The number of fused-ring (bicyclic) bond motifs is 1. The highest BCUT2D eigenvalue weighted by Gasteiger charge is 2.46. The molecule has 1 aliphatic heterocycles. The van der Waals surface area contributed by atoms with E-state index in [-0.39, 0.29) is 18.1 Å². The molecule has 1 atom stereocenters. The third-order valence-electron chi connectivity index (χ3n) is 6.80. The first-order chi connectivity index (χ1) is 13.7. The molecule has 2 aromatic rings. The van der Waals surface area contributed by atoms with Crippen LogP contribution in [0, 0.1) is 11.3 Å². The van der Waals surface area contributed by atoms with Crippen LogP contribution in [-0.4, -0.2) is 28.2 Å². The predicted octanol–water partition coefficient (Wildman–Crippen LogP) is 3.23. The number of nitrogens with two attached hydrogens (primary N) is 1. The van der Waals surface area contributed by atoms with Crippen LogP contribution in [0.3, 0.4) is 0 Å². The molecule has 1 saturated carbocycles. The summed E-state index contributed by atoms with van der Waals surface area (Å²) in [7, 11) is 0. The molecule has 3 aliphatic rings. The lowest BCUT2D eigenvalue weighted by molar-refractivity contribution is 0.186. The Labute approximate surface area is 166 Å². The van der Waals surface area contributed by atoms with Gasteiger partial charge in [0, 0.05) is 19.1 Å². The summed E-state index contributed by atoms with van der Waals surface area (Å²) in [6, 6.07) is 8.73. The van der Waals surface area contributed by atoms with E-state index in [2.05, 4.69) is 45.2 Å². The second-order valence-electron chi connectivity index (χ2n) is 8.62. The number of anilines is 1. The van der Waals surface area contributed by atoms with E-state index in [0.29, 0.717) is 11.6 Å². The predicted molar refractivity (Wildman–Crippen MR) is 111 cm³/mol. The summed E-state index contributed by atoms with van der Waals surface area (Å²) in [5.41, 5.74) is 11.1. The molecule has 1 saturated heterocycles. The van der Waals surface area contributed by atoms with Crippen molar-refractivity contribution in [3.05, 3.63) is 59.1 Å². The summed E-state index contributed by atoms with van der Waals surface area (Å²) in [4.78, 5) is 11.6. The summed E-state index contributed by atoms with van der Waals surface area (Å²) in [5, 5.41) is 9.86. The molecule has 1 aromatic heterocycles. The molecule has 5 nitrogen and oxygen atoms in total. The van der Waals surface area contributed by atoms with Gasteiger partial charge in [0.2, 0.25) is 0 Å². The standard InChI is InChI=1S/C23H28N4O/c24-21-19-4-2-1-3-17(19)13-23(21)9-11-27(12-10-23)22-20(15-28)26-18(14-25-22)8-7-16-5-6-16/h1-4,7-8,14,16,21,28H,5-6,9-13,15,24H2/b8-7-/t21-/m1/s1. The highest BCUT2D eigenvalue weighted by atomic mass is 16.3. The van der Waals surface area contributed by atoms with Crippen LogP contribution in [0.25, 0.3) is 6.08 Å². The van der Waals surface area contributed by atoms with Crippen LogP contribution in [0.2, 0.25) is 0 Å². The van der Waals surface area contributed by atoms with Gasteiger partial charge in [-0.25, -0.2) is 9.97 Å². The first-order valence-electron chi connectivity index (χ1n) is 10.4. The highest BCUT2D eigenvalue weighted by Crippen LogP contribution is 2.51. The van der Waals surface area contributed by atoms with Crippen LogP contribution in [0.5, 0.6) is 0 Å². The summed E-state index contributed by atoms with van der Waals surface area (Å²) in [6.45, 7) is 1.72. The zero-order chi connectivity index (χ0) is 19.1. The van der Waals surface area contributed by atoms with Gasteiger partial charge in [-0.3, -0.25) is 0 Å². The molecular formula is C23H28N4O. The van der Waals surface area contributed by atoms with Gasteiger partial charge in [-0.2, -0.15) is 0 Å². The van der Waals surface area contributed by atoms with Crippen molar-refractivity contribution in [2.75, 3.05) is 18.0 Å². The van der Waals surface area contributed by atoms with E-state index < -0.39 is 0 Å². The molecule has 5 heteroatoms. The van der Waals surface area contributed by atoms with Gasteiger partial charge in [-0.15, -0.1) is 0 Å². The minimum Gasteiger partial charge on any atom is -0.390 e. The summed E-state index contributed by atoms with van der Waals surface area (Å²) >= 11 is 0. The Bertz CT molecular complexity index is 897. The second-order valence-corrected chi connectivity index (χ2v) is 8.62. The fourth-order valence-electron chi connectivity index (χ4n) is 4.88. The van der Waals surface area contributed by atoms with E-state index in [1.54, 1.807) is 0 Å². The number of aromatic nitrogens is 2. The van der Waals surface area contributed by atoms with E-state index in [1.165, 1.54) is 24.0 Å². The zero-order valence-electron chi connectivity index (χ0n) is 16.2. The van der Waals surface area contributed by atoms with Crippen molar-refractivity contribution in [2.45, 2.75) is 44.8 Å². The smallest absolute Gasteiger partial charge is 0.152 e. The average Bonchev–Trinajstić information content (AvgIpc) is 3.53. The highest BCUT2D eigenvalue weighted by molar-refractivity contribution is 5.51. The Balaban J connectivity index is 1.32. The molecule has 0 unspecified atom stereocenters. The van der Waals surface area contributed by atoms with Crippen molar-refractivity contribution >= 4 is 11.9 Å². The molecule has 0 radical (unpaired) electrons. The van der Waals surface area contributed by atoms with Crippen molar-refractivity contribution in [2.24, 2.45) is 17.1 Å². The maximum atomic E-state index is 9.86. The average molecular weight is 377 g/mol. The zero-order valence-corrected chi connectivity index (χ0v) is 16.2. The summed E-state index contributed by atoms with van der Waals surface area (Å²) < 4.78 is 0.